The minimum absolute atomic E-state index is 0.501. The van der Waals surface area contributed by atoms with Crippen molar-refractivity contribution in [2.75, 3.05) is 20.8 Å². The van der Waals surface area contributed by atoms with Crippen LogP contribution in [0.25, 0.3) is 0 Å². The van der Waals surface area contributed by atoms with E-state index in [0.29, 0.717) is 19.4 Å². The molecule has 2 heterocycles. The Labute approximate surface area is 117 Å². The number of hydrogen-bond acceptors (Lipinski definition) is 5. The van der Waals surface area contributed by atoms with E-state index in [4.69, 9.17) is 14.2 Å². The highest BCUT2D eigenvalue weighted by molar-refractivity contribution is 6.03. The Morgan fingerprint density at radius 2 is 2.05 bits per heavy atom. The van der Waals surface area contributed by atoms with Crippen molar-refractivity contribution in [3.63, 3.8) is 0 Å². The highest BCUT2D eigenvalue weighted by atomic mass is 16.7. The van der Waals surface area contributed by atoms with Gasteiger partial charge in [-0.05, 0) is 36.2 Å². The number of hydrogen-bond donors (Lipinski definition) is 0. The van der Waals surface area contributed by atoms with Crippen LogP contribution in [0.5, 0.6) is 5.75 Å². The number of aliphatic imine (C=N–C) groups is 1. The zero-order valence-corrected chi connectivity index (χ0v) is 11.5. The summed E-state index contributed by atoms with van der Waals surface area (Å²) in [7, 11) is 3.17. The molecule has 3 rings (SSSR count). The first kappa shape index (κ1) is 13.1. The highest BCUT2D eigenvalue weighted by Gasteiger charge is 2.62. The fraction of sp³-hybridized carbons (Fsp3) is 0.467. The molecule has 5 nitrogen and oxygen atoms in total. The molecule has 2 aliphatic rings. The molecule has 0 aromatic heterocycles. The third kappa shape index (κ3) is 1.65. The van der Waals surface area contributed by atoms with Gasteiger partial charge in [0, 0.05) is 19.2 Å². The molecule has 0 bridgehead atoms. The number of ether oxygens (including phenoxy) is 3. The van der Waals surface area contributed by atoms with Crippen molar-refractivity contribution in [2.45, 2.75) is 18.8 Å². The second kappa shape index (κ2) is 4.58. The summed E-state index contributed by atoms with van der Waals surface area (Å²) >= 11 is 0. The van der Waals surface area contributed by atoms with E-state index < -0.39 is 11.3 Å². The van der Waals surface area contributed by atoms with Crippen LogP contribution in [-0.2, 0) is 9.47 Å². The molecule has 2 atom stereocenters. The van der Waals surface area contributed by atoms with Crippen LogP contribution in [0.2, 0.25) is 0 Å². The van der Waals surface area contributed by atoms with Gasteiger partial charge in [0.25, 0.3) is 5.91 Å². The molecule has 0 aliphatic carbocycles. The molecule has 1 fully saturated rings. The van der Waals surface area contributed by atoms with E-state index in [-0.39, 0.29) is 0 Å². The Morgan fingerprint density at radius 3 is 2.60 bits per heavy atom. The monoisotopic (exact) mass is 272 g/mol. The zero-order valence-electron chi connectivity index (χ0n) is 11.5. The molecule has 20 heavy (non-hydrogen) atoms. The molecule has 0 radical (unpaired) electrons. The molecule has 5 heteroatoms. The van der Waals surface area contributed by atoms with Gasteiger partial charge >= 0.3 is 0 Å². The average Bonchev–Trinajstić information content (AvgIpc) is 3.00. The summed E-state index contributed by atoms with van der Waals surface area (Å²) in [6.07, 6.45) is 1.18. The lowest BCUT2D eigenvalue weighted by molar-refractivity contribution is -0.218. The number of rotatable bonds is 3. The van der Waals surface area contributed by atoms with Crippen molar-refractivity contribution in [1.29, 1.82) is 5.26 Å². The Kier molecular flexibility index (Phi) is 3.00. The van der Waals surface area contributed by atoms with E-state index in [2.05, 4.69) is 11.1 Å². The first-order chi connectivity index (χ1) is 9.68. The van der Waals surface area contributed by atoms with Gasteiger partial charge in [-0.1, -0.05) is 0 Å². The third-order valence-electron chi connectivity index (χ3n) is 4.10. The van der Waals surface area contributed by atoms with Gasteiger partial charge in [0.05, 0.1) is 19.8 Å². The number of fused-ring (bicyclic) bond motifs is 1. The standard InChI is InChI=1S/C15H16N2O3/c1-18-12-5-3-11(4-6-12)13-9-14(10-16)7-8-20-15(14,17-13)19-2/h3-6H,7-9H2,1-2H3. The molecule has 0 saturated carbocycles. The van der Waals surface area contributed by atoms with Gasteiger partial charge in [0.15, 0.2) is 0 Å². The lowest BCUT2D eigenvalue weighted by Crippen LogP contribution is -2.40. The molecule has 2 aliphatic heterocycles. The van der Waals surface area contributed by atoms with Crippen LogP contribution in [0, 0.1) is 16.7 Å². The van der Waals surface area contributed by atoms with Crippen molar-refractivity contribution >= 4 is 5.71 Å². The lowest BCUT2D eigenvalue weighted by Gasteiger charge is -2.28. The molecule has 1 aromatic carbocycles. The third-order valence-corrected chi connectivity index (χ3v) is 4.10. The van der Waals surface area contributed by atoms with Crippen LogP contribution in [0.4, 0.5) is 0 Å². The summed E-state index contributed by atoms with van der Waals surface area (Å²) in [5.41, 5.74) is 1.10. The summed E-state index contributed by atoms with van der Waals surface area (Å²) in [6, 6.07) is 10.0. The first-order valence-electron chi connectivity index (χ1n) is 6.52. The fourth-order valence-corrected chi connectivity index (χ4v) is 2.92. The summed E-state index contributed by atoms with van der Waals surface area (Å²) in [4.78, 5) is 4.58. The topological polar surface area (TPSA) is 63.8 Å². The van der Waals surface area contributed by atoms with E-state index >= 15 is 0 Å². The van der Waals surface area contributed by atoms with Crippen LogP contribution >= 0.6 is 0 Å². The normalized spacial score (nSPS) is 31.6. The minimum Gasteiger partial charge on any atom is -0.497 e. The van der Waals surface area contributed by atoms with E-state index in [0.717, 1.165) is 17.0 Å². The maximum Gasteiger partial charge on any atom is 0.289 e. The summed E-state index contributed by atoms with van der Waals surface area (Å²) < 4.78 is 16.3. The smallest absolute Gasteiger partial charge is 0.289 e. The highest BCUT2D eigenvalue weighted by Crippen LogP contribution is 2.52. The van der Waals surface area contributed by atoms with Crippen LogP contribution < -0.4 is 4.74 Å². The van der Waals surface area contributed by atoms with E-state index in [1.54, 1.807) is 7.11 Å². The predicted octanol–water partition coefficient (Wildman–Crippen LogP) is 2.12. The predicted molar refractivity (Wildman–Crippen MR) is 72.5 cm³/mol. The van der Waals surface area contributed by atoms with Gasteiger partial charge in [0.1, 0.15) is 11.2 Å². The number of nitriles is 1. The number of nitrogens with zero attached hydrogens (tertiary/aromatic N) is 2. The van der Waals surface area contributed by atoms with Gasteiger partial charge in [-0.2, -0.15) is 5.26 Å². The Balaban J connectivity index is 1.98. The fourth-order valence-electron chi connectivity index (χ4n) is 2.92. The van der Waals surface area contributed by atoms with Gasteiger partial charge < -0.3 is 14.2 Å². The second-order valence-electron chi connectivity index (χ2n) is 5.04. The Morgan fingerprint density at radius 1 is 1.30 bits per heavy atom. The van der Waals surface area contributed by atoms with E-state index in [1.165, 1.54) is 7.11 Å². The molecule has 1 aromatic rings. The Bertz CT molecular complexity index is 590. The van der Waals surface area contributed by atoms with Crippen molar-refractivity contribution in [2.24, 2.45) is 10.4 Å². The molecular formula is C15H16N2O3. The molecule has 104 valence electrons. The Hall–Kier alpha value is -1.90. The minimum atomic E-state index is -1.14. The maximum absolute atomic E-state index is 9.57. The summed E-state index contributed by atoms with van der Waals surface area (Å²) in [6.45, 7) is 0.501. The number of methoxy groups -OCH3 is 2. The second-order valence-corrected chi connectivity index (χ2v) is 5.04. The summed E-state index contributed by atoms with van der Waals surface area (Å²) in [5, 5.41) is 9.57. The van der Waals surface area contributed by atoms with Crippen molar-refractivity contribution in [3.05, 3.63) is 29.8 Å². The quantitative estimate of drug-likeness (QED) is 0.845. The van der Waals surface area contributed by atoms with Gasteiger partial charge in [-0.15, -0.1) is 0 Å². The van der Waals surface area contributed by atoms with Gasteiger partial charge in [0.2, 0.25) is 0 Å². The van der Waals surface area contributed by atoms with Crippen molar-refractivity contribution in [1.82, 2.24) is 0 Å². The molecule has 0 N–H and O–H groups in total. The van der Waals surface area contributed by atoms with E-state index in [1.807, 2.05) is 24.3 Å². The molecular weight excluding hydrogens is 256 g/mol. The number of benzene rings is 1. The molecule has 1 saturated heterocycles. The van der Waals surface area contributed by atoms with Crippen molar-refractivity contribution < 1.29 is 14.2 Å². The van der Waals surface area contributed by atoms with Gasteiger partial charge in [-0.3, -0.25) is 0 Å². The largest absolute Gasteiger partial charge is 0.497 e. The lowest BCUT2D eigenvalue weighted by atomic mass is 9.81. The van der Waals surface area contributed by atoms with Crippen LogP contribution in [0.3, 0.4) is 0 Å². The maximum atomic E-state index is 9.57. The average molecular weight is 272 g/mol. The molecule has 2 unspecified atom stereocenters. The van der Waals surface area contributed by atoms with Crippen molar-refractivity contribution in [3.8, 4) is 11.8 Å². The van der Waals surface area contributed by atoms with Crippen LogP contribution in [0.15, 0.2) is 29.3 Å². The molecule has 0 spiro atoms. The van der Waals surface area contributed by atoms with Crippen LogP contribution in [-0.4, -0.2) is 32.4 Å². The first-order valence-corrected chi connectivity index (χ1v) is 6.52. The van der Waals surface area contributed by atoms with Gasteiger partial charge in [-0.25, -0.2) is 4.99 Å². The van der Waals surface area contributed by atoms with Crippen LogP contribution in [0.1, 0.15) is 18.4 Å². The zero-order chi connectivity index (χ0) is 14.2. The summed E-state index contributed by atoms with van der Waals surface area (Å²) in [5.74, 6) is -0.350. The van der Waals surface area contributed by atoms with E-state index in [9.17, 15) is 5.26 Å². The molecule has 0 amide bonds. The SMILES string of the molecule is COc1ccc(C2=NC3(OC)OCCC3(C#N)C2)cc1.